The molecule has 2 rings (SSSR count). The summed E-state index contributed by atoms with van der Waals surface area (Å²) in [6.45, 7) is 3.15. The molecule has 0 radical (unpaired) electrons. The maximum Gasteiger partial charge on any atom is 0.320 e. The number of nitrogens with zero attached hydrogens (tertiary/aromatic N) is 3. The molecule has 2 aliphatic rings. The molecule has 0 aliphatic carbocycles. The summed E-state index contributed by atoms with van der Waals surface area (Å²) in [7, 11) is 3.46. The molecular formula is C13H23N3O3. The van der Waals surface area contributed by atoms with Gasteiger partial charge in [0.15, 0.2) is 0 Å². The third kappa shape index (κ3) is 3.18. The van der Waals surface area contributed by atoms with E-state index in [1.807, 2.05) is 4.90 Å². The Morgan fingerprint density at radius 2 is 1.79 bits per heavy atom. The first-order valence-corrected chi connectivity index (χ1v) is 6.95. The lowest BCUT2D eigenvalue weighted by atomic mass is 10.0. The number of rotatable bonds is 1. The summed E-state index contributed by atoms with van der Waals surface area (Å²) >= 11 is 0. The van der Waals surface area contributed by atoms with Gasteiger partial charge in [-0.15, -0.1) is 0 Å². The van der Waals surface area contributed by atoms with Crippen LogP contribution < -0.4 is 0 Å². The Labute approximate surface area is 114 Å². The lowest BCUT2D eigenvalue weighted by molar-refractivity contribution is -0.141. The average molecular weight is 269 g/mol. The fraction of sp³-hybridized carbons (Fsp3) is 0.846. The zero-order valence-electron chi connectivity index (χ0n) is 11.8. The quantitative estimate of drug-likeness (QED) is 0.691. The monoisotopic (exact) mass is 269 g/mol. The molecule has 6 heteroatoms. The van der Waals surface area contributed by atoms with Crippen LogP contribution in [0.2, 0.25) is 0 Å². The SMILES string of the molecule is CN(C)C(=O)N1CCCCC1C(=O)N1CCOCC1. The van der Waals surface area contributed by atoms with E-state index in [-0.39, 0.29) is 18.0 Å². The zero-order chi connectivity index (χ0) is 13.8. The van der Waals surface area contributed by atoms with Crippen LogP contribution in [-0.4, -0.2) is 79.6 Å². The predicted octanol–water partition coefficient (Wildman–Crippen LogP) is 0.381. The number of carbonyl (C=O) groups is 2. The van der Waals surface area contributed by atoms with E-state index in [4.69, 9.17) is 4.74 Å². The molecule has 1 unspecified atom stereocenters. The number of piperidine rings is 1. The number of likely N-dealkylation sites (tertiary alicyclic amines) is 1. The van der Waals surface area contributed by atoms with Crippen molar-refractivity contribution in [3.63, 3.8) is 0 Å². The van der Waals surface area contributed by atoms with Crippen LogP contribution in [0.1, 0.15) is 19.3 Å². The Bertz CT molecular complexity index is 340. The van der Waals surface area contributed by atoms with Gasteiger partial charge in [-0.1, -0.05) is 0 Å². The molecule has 6 nitrogen and oxygen atoms in total. The predicted molar refractivity (Wildman–Crippen MR) is 70.8 cm³/mol. The Hall–Kier alpha value is -1.30. The van der Waals surface area contributed by atoms with Crippen LogP contribution in [0.3, 0.4) is 0 Å². The second-order valence-electron chi connectivity index (χ2n) is 5.32. The Balaban J connectivity index is 2.05. The second kappa shape index (κ2) is 6.23. The van der Waals surface area contributed by atoms with Crippen molar-refractivity contribution in [3.8, 4) is 0 Å². The van der Waals surface area contributed by atoms with Crippen LogP contribution in [0.25, 0.3) is 0 Å². The van der Waals surface area contributed by atoms with Crippen LogP contribution in [0.4, 0.5) is 4.79 Å². The van der Waals surface area contributed by atoms with Crippen LogP contribution >= 0.6 is 0 Å². The van der Waals surface area contributed by atoms with Crippen molar-refractivity contribution in [2.75, 3.05) is 46.9 Å². The van der Waals surface area contributed by atoms with Gasteiger partial charge in [0.2, 0.25) is 5.91 Å². The number of hydrogen-bond donors (Lipinski definition) is 0. The minimum absolute atomic E-state index is 0.0636. The molecule has 0 saturated carbocycles. The fourth-order valence-corrected chi connectivity index (χ4v) is 2.67. The largest absolute Gasteiger partial charge is 0.378 e. The molecule has 3 amide bonds. The van der Waals surface area contributed by atoms with E-state index in [0.29, 0.717) is 32.8 Å². The molecule has 2 heterocycles. The van der Waals surface area contributed by atoms with Gasteiger partial charge in [-0.05, 0) is 19.3 Å². The van der Waals surface area contributed by atoms with Crippen molar-refractivity contribution in [2.45, 2.75) is 25.3 Å². The summed E-state index contributed by atoms with van der Waals surface area (Å²) < 4.78 is 5.27. The summed E-state index contributed by atoms with van der Waals surface area (Å²) in [6, 6.07) is -0.354. The molecule has 2 fully saturated rings. The van der Waals surface area contributed by atoms with E-state index in [0.717, 1.165) is 19.3 Å². The molecule has 0 bridgehead atoms. The highest BCUT2D eigenvalue weighted by atomic mass is 16.5. The van der Waals surface area contributed by atoms with Gasteiger partial charge in [0.1, 0.15) is 6.04 Å². The fourth-order valence-electron chi connectivity index (χ4n) is 2.67. The molecule has 2 aliphatic heterocycles. The summed E-state index contributed by atoms with van der Waals surface area (Å²) in [5, 5.41) is 0. The van der Waals surface area contributed by atoms with Gasteiger partial charge in [-0.2, -0.15) is 0 Å². The topological polar surface area (TPSA) is 53.1 Å². The minimum atomic E-state index is -0.290. The normalized spacial score (nSPS) is 24.2. The van der Waals surface area contributed by atoms with Crippen LogP contribution in [-0.2, 0) is 9.53 Å². The summed E-state index contributed by atoms with van der Waals surface area (Å²) in [5.74, 6) is 0.0817. The Morgan fingerprint density at radius 3 is 2.42 bits per heavy atom. The van der Waals surface area contributed by atoms with Gasteiger partial charge in [0, 0.05) is 33.7 Å². The highest BCUT2D eigenvalue weighted by molar-refractivity contribution is 5.87. The third-order valence-corrected chi connectivity index (χ3v) is 3.74. The summed E-state index contributed by atoms with van der Waals surface area (Å²) in [6.07, 6.45) is 2.76. The second-order valence-corrected chi connectivity index (χ2v) is 5.32. The molecule has 2 saturated heterocycles. The Kier molecular flexibility index (Phi) is 4.63. The number of hydrogen-bond acceptors (Lipinski definition) is 3. The smallest absolute Gasteiger partial charge is 0.320 e. The van der Waals surface area contributed by atoms with E-state index in [2.05, 4.69) is 0 Å². The molecule has 0 N–H and O–H groups in total. The highest BCUT2D eigenvalue weighted by Crippen LogP contribution is 2.20. The van der Waals surface area contributed by atoms with Crippen LogP contribution in [0, 0.1) is 0 Å². The van der Waals surface area contributed by atoms with Crippen molar-refractivity contribution in [2.24, 2.45) is 0 Å². The van der Waals surface area contributed by atoms with Crippen molar-refractivity contribution in [3.05, 3.63) is 0 Å². The number of urea groups is 1. The standard InChI is InChI=1S/C13H23N3O3/c1-14(2)13(18)16-6-4-3-5-11(16)12(17)15-7-9-19-10-8-15/h11H,3-10H2,1-2H3. The summed E-state index contributed by atoms with van der Waals surface area (Å²) in [4.78, 5) is 29.8. The van der Waals surface area contributed by atoms with Crippen molar-refractivity contribution in [1.29, 1.82) is 0 Å². The van der Waals surface area contributed by atoms with Gasteiger partial charge < -0.3 is 19.4 Å². The number of morpholine rings is 1. The van der Waals surface area contributed by atoms with Gasteiger partial charge in [0.05, 0.1) is 13.2 Å². The number of amides is 3. The van der Waals surface area contributed by atoms with E-state index < -0.39 is 0 Å². The molecule has 108 valence electrons. The van der Waals surface area contributed by atoms with E-state index in [1.165, 1.54) is 0 Å². The maximum absolute atomic E-state index is 12.5. The number of carbonyl (C=O) groups excluding carboxylic acids is 2. The minimum Gasteiger partial charge on any atom is -0.378 e. The third-order valence-electron chi connectivity index (χ3n) is 3.74. The Morgan fingerprint density at radius 1 is 1.11 bits per heavy atom. The molecular weight excluding hydrogens is 246 g/mol. The van der Waals surface area contributed by atoms with Crippen molar-refractivity contribution < 1.29 is 14.3 Å². The molecule has 0 aromatic heterocycles. The lowest BCUT2D eigenvalue weighted by Gasteiger charge is -2.39. The molecule has 1 atom stereocenters. The van der Waals surface area contributed by atoms with Crippen molar-refractivity contribution >= 4 is 11.9 Å². The van der Waals surface area contributed by atoms with Gasteiger partial charge in [-0.25, -0.2) is 4.79 Å². The van der Waals surface area contributed by atoms with E-state index in [9.17, 15) is 9.59 Å². The summed E-state index contributed by atoms with van der Waals surface area (Å²) in [5.41, 5.74) is 0. The first-order chi connectivity index (χ1) is 9.11. The molecule has 0 aromatic rings. The average Bonchev–Trinajstić information content (AvgIpc) is 2.46. The maximum atomic E-state index is 12.5. The lowest BCUT2D eigenvalue weighted by Crippen LogP contribution is -2.56. The molecule has 0 spiro atoms. The zero-order valence-corrected chi connectivity index (χ0v) is 11.8. The van der Waals surface area contributed by atoms with Gasteiger partial charge >= 0.3 is 6.03 Å². The highest BCUT2D eigenvalue weighted by Gasteiger charge is 2.35. The first kappa shape index (κ1) is 14.1. The van der Waals surface area contributed by atoms with Crippen LogP contribution in [0.15, 0.2) is 0 Å². The van der Waals surface area contributed by atoms with Crippen LogP contribution in [0.5, 0.6) is 0 Å². The van der Waals surface area contributed by atoms with Gasteiger partial charge in [0.25, 0.3) is 0 Å². The first-order valence-electron chi connectivity index (χ1n) is 6.95. The van der Waals surface area contributed by atoms with Gasteiger partial charge in [-0.3, -0.25) is 4.79 Å². The van der Waals surface area contributed by atoms with E-state index >= 15 is 0 Å². The molecule has 19 heavy (non-hydrogen) atoms. The van der Waals surface area contributed by atoms with Crippen molar-refractivity contribution in [1.82, 2.24) is 14.7 Å². The molecule has 0 aromatic carbocycles. The number of ether oxygens (including phenoxy) is 1. The van der Waals surface area contributed by atoms with E-state index in [1.54, 1.807) is 23.9 Å².